The van der Waals surface area contributed by atoms with Crippen molar-refractivity contribution in [2.75, 3.05) is 7.11 Å². The number of methoxy groups -OCH3 is 1. The van der Waals surface area contributed by atoms with Gasteiger partial charge in [0.15, 0.2) is 17.7 Å². The molecule has 0 saturated heterocycles. The SMILES string of the molecule is COc1ccc(C2C3=C(NC(c4ccccc4)n4nnnc43)Oc3c2c(=O)oc2ccccc32)cc1-c1cnc(F)c(C)c1. The number of benzene rings is 3. The van der Waals surface area contributed by atoms with E-state index >= 15 is 0 Å². The zero-order valence-electron chi connectivity index (χ0n) is 23.5. The van der Waals surface area contributed by atoms with Crippen molar-refractivity contribution >= 4 is 16.5 Å². The molecule has 3 aromatic carbocycles. The third-order valence-electron chi connectivity index (χ3n) is 8.07. The molecule has 10 nitrogen and oxygen atoms in total. The van der Waals surface area contributed by atoms with Gasteiger partial charge < -0.3 is 19.2 Å². The largest absolute Gasteiger partial charge is 0.496 e. The first-order chi connectivity index (χ1) is 21.5. The van der Waals surface area contributed by atoms with Crippen LogP contribution in [0.15, 0.2) is 100 Å². The Morgan fingerprint density at radius 2 is 1.82 bits per heavy atom. The monoisotopic (exact) mass is 586 g/mol. The van der Waals surface area contributed by atoms with Gasteiger partial charge in [-0.05, 0) is 58.8 Å². The summed E-state index contributed by atoms with van der Waals surface area (Å²) in [7, 11) is 1.57. The maximum Gasteiger partial charge on any atom is 0.344 e. The normalized spacial score (nSPS) is 16.9. The number of pyridine rings is 1. The molecular formula is C33H23FN6O4. The van der Waals surface area contributed by atoms with Gasteiger partial charge in [-0.15, -0.1) is 5.10 Å². The molecule has 2 atom stereocenters. The Morgan fingerprint density at radius 3 is 2.64 bits per heavy atom. The van der Waals surface area contributed by atoms with Crippen LogP contribution in [0.1, 0.15) is 40.2 Å². The average molecular weight is 587 g/mol. The van der Waals surface area contributed by atoms with Gasteiger partial charge in [0.2, 0.25) is 11.8 Å². The van der Waals surface area contributed by atoms with E-state index in [0.29, 0.717) is 62.0 Å². The summed E-state index contributed by atoms with van der Waals surface area (Å²) in [5.41, 5.74) is 4.10. The van der Waals surface area contributed by atoms with Gasteiger partial charge in [-0.3, -0.25) is 0 Å². The summed E-state index contributed by atoms with van der Waals surface area (Å²) in [6.07, 6.45) is 0.995. The van der Waals surface area contributed by atoms with Gasteiger partial charge in [-0.1, -0.05) is 48.5 Å². The Morgan fingerprint density at radius 1 is 1.00 bits per heavy atom. The summed E-state index contributed by atoms with van der Waals surface area (Å²) < 4.78 is 33.9. The summed E-state index contributed by atoms with van der Waals surface area (Å²) in [6, 6.07) is 24.3. The quantitative estimate of drug-likeness (QED) is 0.216. The number of hydrogen-bond acceptors (Lipinski definition) is 9. The predicted molar refractivity (Wildman–Crippen MR) is 158 cm³/mol. The number of rotatable bonds is 4. The van der Waals surface area contributed by atoms with Crippen molar-refractivity contribution in [1.82, 2.24) is 30.5 Å². The molecule has 0 radical (unpaired) electrons. The van der Waals surface area contributed by atoms with Crippen molar-refractivity contribution in [1.29, 1.82) is 0 Å². The summed E-state index contributed by atoms with van der Waals surface area (Å²) in [5, 5.41) is 16.9. The van der Waals surface area contributed by atoms with E-state index in [9.17, 15) is 9.18 Å². The average Bonchev–Trinajstić information content (AvgIpc) is 3.55. The molecule has 216 valence electrons. The van der Waals surface area contributed by atoms with Gasteiger partial charge in [0, 0.05) is 22.9 Å². The van der Waals surface area contributed by atoms with Crippen LogP contribution >= 0.6 is 0 Å². The number of para-hydroxylation sites is 1. The Bertz CT molecular complexity index is 2190. The van der Waals surface area contributed by atoms with Crippen molar-refractivity contribution in [2.24, 2.45) is 0 Å². The molecule has 8 rings (SSSR count). The van der Waals surface area contributed by atoms with Crippen LogP contribution in [0.25, 0.3) is 27.7 Å². The number of allylic oxidation sites excluding steroid dienone is 1. The number of nitrogens with one attached hydrogen (secondary N) is 1. The molecule has 3 aromatic heterocycles. The van der Waals surface area contributed by atoms with Gasteiger partial charge in [0.25, 0.3) is 0 Å². The lowest BCUT2D eigenvalue weighted by Gasteiger charge is -2.36. The Labute approximate surface area is 249 Å². The first kappa shape index (κ1) is 25.8. The summed E-state index contributed by atoms with van der Waals surface area (Å²) in [4.78, 5) is 17.7. The Hall–Kier alpha value is -5.84. The van der Waals surface area contributed by atoms with E-state index in [1.165, 1.54) is 6.20 Å². The number of nitrogens with zero attached hydrogens (tertiary/aromatic N) is 5. The fourth-order valence-electron chi connectivity index (χ4n) is 6.02. The van der Waals surface area contributed by atoms with Crippen molar-refractivity contribution < 1.29 is 18.3 Å². The van der Waals surface area contributed by atoms with Gasteiger partial charge >= 0.3 is 5.63 Å². The number of fused-ring (bicyclic) bond motifs is 5. The number of hydrogen-bond donors (Lipinski definition) is 1. The highest BCUT2D eigenvalue weighted by molar-refractivity contribution is 5.89. The van der Waals surface area contributed by atoms with Gasteiger partial charge in [0.05, 0.1) is 29.6 Å². The summed E-state index contributed by atoms with van der Waals surface area (Å²) in [5.74, 6) is 0.553. The number of aryl methyl sites for hydroxylation is 1. The van der Waals surface area contributed by atoms with Crippen molar-refractivity contribution in [2.45, 2.75) is 19.0 Å². The van der Waals surface area contributed by atoms with Crippen LogP contribution < -0.4 is 20.4 Å². The fourth-order valence-corrected chi connectivity index (χ4v) is 6.02. The zero-order valence-corrected chi connectivity index (χ0v) is 23.5. The number of ether oxygens (including phenoxy) is 2. The van der Waals surface area contributed by atoms with E-state index in [-0.39, 0.29) is 0 Å². The highest BCUT2D eigenvalue weighted by atomic mass is 19.1. The third-order valence-corrected chi connectivity index (χ3v) is 8.07. The molecular weight excluding hydrogens is 563 g/mol. The predicted octanol–water partition coefficient (Wildman–Crippen LogP) is 5.34. The first-order valence-electron chi connectivity index (χ1n) is 13.9. The zero-order chi connectivity index (χ0) is 29.9. The third kappa shape index (κ3) is 3.89. The molecule has 5 heterocycles. The van der Waals surface area contributed by atoms with E-state index in [1.807, 2.05) is 60.7 Å². The van der Waals surface area contributed by atoms with Crippen molar-refractivity contribution in [3.63, 3.8) is 0 Å². The van der Waals surface area contributed by atoms with Gasteiger partial charge in [-0.25, -0.2) is 9.78 Å². The van der Waals surface area contributed by atoms with E-state index in [2.05, 4.69) is 25.8 Å². The van der Waals surface area contributed by atoms with Crippen LogP contribution in [0.5, 0.6) is 11.5 Å². The molecule has 11 heteroatoms. The Balaban J connectivity index is 1.40. The minimum absolute atomic E-state index is 0.307. The molecule has 2 unspecified atom stereocenters. The lowest BCUT2D eigenvalue weighted by Crippen LogP contribution is -2.39. The lowest BCUT2D eigenvalue weighted by atomic mass is 9.81. The second-order valence-electron chi connectivity index (χ2n) is 10.6. The standard InChI is InChI=1S/C33H23FN6O4/c1-17-14-20(16-35-29(17)34)22-15-19(12-13-23(22)42-2)25-26-28(21-10-6-7-11-24(21)43-33(26)41)44-32-27(25)31-37-38-39-40(31)30(36-32)18-8-4-3-5-9-18/h3-16,25,30,36H,1-2H3. The van der Waals surface area contributed by atoms with Crippen molar-refractivity contribution in [3.8, 4) is 22.6 Å². The van der Waals surface area contributed by atoms with Crippen LogP contribution in [0, 0.1) is 12.9 Å². The molecule has 0 spiro atoms. The molecule has 2 aliphatic rings. The van der Waals surface area contributed by atoms with Crippen LogP contribution in [-0.4, -0.2) is 32.3 Å². The van der Waals surface area contributed by atoms with E-state index < -0.39 is 23.7 Å². The molecule has 0 amide bonds. The lowest BCUT2D eigenvalue weighted by molar-refractivity contribution is 0.305. The molecule has 6 aromatic rings. The minimum Gasteiger partial charge on any atom is -0.496 e. The maximum atomic E-state index is 14.1. The molecule has 1 N–H and O–H groups in total. The number of halogens is 1. The van der Waals surface area contributed by atoms with Crippen LogP contribution in [0.3, 0.4) is 0 Å². The van der Waals surface area contributed by atoms with Crippen LogP contribution in [-0.2, 0) is 0 Å². The molecule has 44 heavy (non-hydrogen) atoms. The molecule has 0 saturated carbocycles. The van der Waals surface area contributed by atoms with Crippen LogP contribution in [0.2, 0.25) is 0 Å². The second-order valence-corrected chi connectivity index (χ2v) is 10.6. The molecule has 0 bridgehead atoms. The topological polar surface area (TPSA) is 117 Å². The minimum atomic E-state index is -0.706. The number of tetrazole rings is 1. The van der Waals surface area contributed by atoms with Crippen molar-refractivity contribution in [3.05, 3.63) is 135 Å². The number of aromatic nitrogens is 5. The van der Waals surface area contributed by atoms with Gasteiger partial charge in [-0.2, -0.15) is 9.07 Å². The van der Waals surface area contributed by atoms with E-state index in [1.54, 1.807) is 36.9 Å². The Kier molecular flexibility index (Phi) is 5.80. The highest BCUT2D eigenvalue weighted by Gasteiger charge is 2.43. The second kappa shape index (κ2) is 9.87. The summed E-state index contributed by atoms with van der Waals surface area (Å²) >= 11 is 0. The fraction of sp³-hybridized carbons (Fsp3) is 0.121. The highest BCUT2D eigenvalue weighted by Crippen LogP contribution is 2.50. The molecule has 0 fully saturated rings. The molecule has 0 aliphatic carbocycles. The maximum absolute atomic E-state index is 14.1. The van der Waals surface area contributed by atoms with Gasteiger partial charge in [0.1, 0.15) is 11.3 Å². The first-order valence-corrected chi connectivity index (χ1v) is 13.9. The summed E-state index contributed by atoms with van der Waals surface area (Å²) in [6.45, 7) is 1.65. The van der Waals surface area contributed by atoms with E-state index in [4.69, 9.17) is 13.9 Å². The van der Waals surface area contributed by atoms with Crippen LogP contribution in [0.4, 0.5) is 4.39 Å². The smallest absolute Gasteiger partial charge is 0.344 e. The van der Waals surface area contributed by atoms with E-state index in [0.717, 1.165) is 11.1 Å². The molecule has 2 aliphatic heterocycles.